The molecule has 240 valence electrons. The fourth-order valence-electron chi connectivity index (χ4n) is 6.84. The number of nitrogens with zero attached hydrogens (tertiary/aromatic N) is 2. The average molecular weight is 630 g/mol. The van der Waals surface area contributed by atoms with Crippen LogP contribution in [0.4, 0.5) is 5.69 Å². The number of benzene rings is 1. The van der Waals surface area contributed by atoms with Gasteiger partial charge < -0.3 is 29.7 Å². The second kappa shape index (κ2) is 15.2. The van der Waals surface area contributed by atoms with Gasteiger partial charge in [0.15, 0.2) is 0 Å². The highest BCUT2D eigenvalue weighted by Crippen LogP contribution is 2.59. The summed E-state index contributed by atoms with van der Waals surface area (Å²) >= 11 is 6.52. The number of likely N-dealkylation sites (tertiary alicyclic amines) is 1. The number of nitrogens with one attached hydrogen (secondary N) is 1. The first-order valence-corrected chi connectivity index (χ1v) is 15.9. The van der Waals surface area contributed by atoms with Crippen LogP contribution < -0.4 is 10.2 Å². The molecule has 2 N–H and O–H groups in total. The maximum absolute atomic E-state index is 14.5. The third kappa shape index (κ3) is 6.87. The van der Waals surface area contributed by atoms with E-state index in [1.807, 2.05) is 0 Å². The van der Waals surface area contributed by atoms with Crippen molar-refractivity contribution in [1.29, 1.82) is 0 Å². The Balaban J connectivity index is 1.59. The van der Waals surface area contributed by atoms with Gasteiger partial charge in [0.1, 0.15) is 17.7 Å². The van der Waals surface area contributed by atoms with Crippen LogP contribution in [0.3, 0.4) is 0 Å². The van der Waals surface area contributed by atoms with Gasteiger partial charge >= 0.3 is 5.97 Å². The number of aliphatic hydroxyl groups excluding tert-OH is 1. The molecule has 6 atom stereocenters. The van der Waals surface area contributed by atoms with Gasteiger partial charge in [-0.25, -0.2) is 0 Å². The van der Waals surface area contributed by atoms with Gasteiger partial charge in [-0.1, -0.05) is 48.7 Å². The summed E-state index contributed by atoms with van der Waals surface area (Å²) < 4.78 is 12.3. The number of esters is 1. The lowest BCUT2D eigenvalue weighted by molar-refractivity contribution is -0.159. The molecule has 2 bridgehead atoms. The monoisotopic (exact) mass is 629 g/mol. The Kier molecular flexibility index (Phi) is 11.6. The Morgan fingerprint density at radius 1 is 1.23 bits per heavy atom. The van der Waals surface area contributed by atoms with Crippen LogP contribution in [0.15, 0.2) is 49.6 Å². The molecule has 3 aliphatic heterocycles. The van der Waals surface area contributed by atoms with Crippen molar-refractivity contribution < 1.29 is 33.8 Å². The van der Waals surface area contributed by atoms with E-state index in [1.54, 1.807) is 48.2 Å². The second-order valence-corrected chi connectivity index (χ2v) is 12.2. The molecule has 3 saturated heterocycles. The fraction of sp³-hybridized carbons (Fsp3) is 0.576. The van der Waals surface area contributed by atoms with E-state index < -0.39 is 41.7 Å². The number of rotatable bonds is 17. The number of para-hydroxylation sites is 1. The van der Waals surface area contributed by atoms with Gasteiger partial charge in [-0.2, -0.15) is 0 Å². The molecule has 4 rings (SSSR count). The van der Waals surface area contributed by atoms with Gasteiger partial charge in [0.25, 0.3) is 5.91 Å². The molecule has 0 saturated carbocycles. The number of halogens is 1. The first kappa shape index (κ1) is 33.7. The van der Waals surface area contributed by atoms with E-state index in [0.29, 0.717) is 55.8 Å². The van der Waals surface area contributed by atoms with Crippen molar-refractivity contribution in [3.05, 3.63) is 54.6 Å². The number of fused-ring (bicyclic) bond motifs is 1. The standard InChI is InChI=1S/C33H44ClN3O7/c1-4-6-15-26(39)35-21-22(3)43-32(42)27-25-16-17-33(44-25)28(27)30(40)37(19-11-7-8-12-20-38)29(33)31(41)36(18-5-2)24-14-10-9-13-23(24)34/h4-5,9-10,13-14,22,25,27-29,38H,1-2,6-8,11-12,15-21H2,3H3,(H,35,39)/t22-,25+,27-,28-,29+,33-/m0/s1. The molecule has 1 aromatic carbocycles. The summed E-state index contributed by atoms with van der Waals surface area (Å²) in [5, 5.41) is 12.3. The molecule has 0 aromatic heterocycles. The lowest BCUT2D eigenvalue weighted by atomic mass is 9.70. The smallest absolute Gasteiger partial charge is 0.312 e. The zero-order valence-corrected chi connectivity index (χ0v) is 26.2. The number of amides is 3. The van der Waals surface area contributed by atoms with Crippen LogP contribution in [-0.4, -0.2) is 83.8 Å². The number of aliphatic hydroxyl groups is 1. The molecule has 3 aliphatic rings. The van der Waals surface area contributed by atoms with Gasteiger partial charge in [-0.15, -0.1) is 13.2 Å². The number of carbonyl (C=O) groups excluding carboxylic acids is 4. The number of allylic oxidation sites excluding steroid dienone is 1. The lowest BCUT2D eigenvalue weighted by Gasteiger charge is -2.37. The molecule has 0 aliphatic carbocycles. The summed E-state index contributed by atoms with van der Waals surface area (Å²) in [6.07, 6.45) is 6.76. The SMILES string of the molecule is C=CCCC(=O)NC[C@H](C)OC(=O)[C@@H]1[C@H]2C(=O)N(CCCCCCO)[C@H](C(=O)N(CC=C)c3ccccc3Cl)[C@]23CC[C@H]1O3. The second-order valence-electron chi connectivity index (χ2n) is 11.8. The Labute approximate surface area is 264 Å². The highest BCUT2D eigenvalue weighted by atomic mass is 35.5. The summed E-state index contributed by atoms with van der Waals surface area (Å²) in [6, 6.07) is 6.06. The van der Waals surface area contributed by atoms with E-state index >= 15 is 0 Å². The molecule has 3 heterocycles. The Morgan fingerprint density at radius 2 is 1.98 bits per heavy atom. The van der Waals surface area contributed by atoms with Crippen LogP contribution >= 0.6 is 11.6 Å². The number of hydrogen-bond acceptors (Lipinski definition) is 7. The van der Waals surface area contributed by atoms with Crippen molar-refractivity contribution in [3.8, 4) is 0 Å². The normalized spacial score (nSPS) is 25.8. The molecular formula is C33H44ClN3O7. The number of unbranched alkanes of at least 4 members (excludes halogenated alkanes) is 3. The van der Waals surface area contributed by atoms with Gasteiger partial charge in [0.05, 0.1) is 35.2 Å². The molecule has 3 fully saturated rings. The number of hydrogen-bond donors (Lipinski definition) is 2. The van der Waals surface area contributed by atoms with Crippen molar-refractivity contribution >= 4 is 41.0 Å². The van der Waals surface area contributed by atoms with Crippen molar-refractivity contribution in [2.24, 2.45) is 11.8 Å². The zero-order chi connectivity index (χ0) is 31.9. The van der Waals surface area contributed by atoms with Crippen molar-refractivity contribution in [2.75, 3.05) is 31.1 Å². The molecule has 11 heteroatoms. The van der Waals surface area contributed by atoms with Gasteiger partial charge in [0.2, 0.25) is 11.8 Å². The molecule has 0 radical (unpaired) electrons. The van der Waals surface area contributed by atoms with Crippen LogP contribution in [-0.2, 0) is 28.7 Å². The summed E-state index contributed by atoms with van der Waals surface area (Å²) in [5.41, 5.74) is -0.682. The fourth-order valence-corrected chi connectivity index (χ4v) is 7.08. The Hall–Kier alpha value is -3.21. The summed E-state index contributed by atoms with van der Waals surface area (Å²) in [4.78, 5) is 57.5. The molecule has 10 nitrogen and oxygen atoms in total. The van der Waals surface area contributed by atoms with E-state index in [0.717, 1.165) is 12.8 Å². The van der Waals surface area contributed by atoms with Crippen LogP contribution in [0.5, 0.6) is 0 Å². The molecule has 44 heavy (non-hydrogen) atoms. The summed E-state index contributed by atoms with van der Waals surface area (Å²) in [7, 11) is 0. The third-order valence-electron chi connectivity index (χ3n) is 8.81. The minimum atomic E-state index is -1.18. The Bertz CT molecular complexity index is 1240. The van der Waals surface area contributed by atoms with E-state index in [2.05, 4.69) is 18.5 Å². The molecular weight excluding hydrogens is 586 g/mol. The van der Waals surface area contributed by atoms with Crippen LogP contribution in [0.2, 0.25) is 5.02 Å². The maximum atomic E-state index is 14.5. The van der Waals surface area contributed by atoms with E-state index in [-0.39, 0.29) is 37.4 Å². The highest BCUT2D eigenvalue weighted by molar-refractivity contribution is 6.34. The third-order valence-corrected chi connectivity index (χ3v) is 9.13. The molecule has 1 aromatic rings. The first-order chi connectivity index (χ1) is 21.2. The van der Waals surface area contributed by atoms with E-state index in [1.165, 1.54) is 4.90 Å². The topological polar surface area (TPSA) is 125 Å². The predicted molar refractivity (Wildman–Crippen MR) is 167 cm³/mol. The van der Waals surface area contributed by atoms with Gasteiger partial charge in [0, 0.05) is 26.1 Å². The zero-order valence-electron chi connectivity index (χ0n) is 25.4. The number of carbonyl (C=O) groups is 4. The largest absolute Gasteiger partial charge is 0.460 e. The van der Waals surface area contributed by atoms with Crippen LogP contribution in [0, 0.1) is 11.8 Å². The van der Waals surface area contributed by atoms with Gasteiger partial charge in [-0.05, 0) is 51.2 Å². The lowest BCUT2D eigenvalue weighted by Crippen LogP contribution is -2.56. The molecule has 1 spiro atoms. The number of anilines is 1. The minimum absolute atomic E-state index is 0.0965. The summed E-state index contributed by atoms with van der Waals surface area (Å²) in [6.45, 7) is 9.85. The Morgan fingerprint density at radius 3 is 2.68 bits per heavy atom. The maximum Gasteiger partial charge on any atom is 0.312 e. The van der Waals surface area contributed by atoms with Crippen molar-refractivity contribution in [3.63, 3.8) is 0 Å². The predicted octanol–water partition coefficient (Wildman–Crippen LogP) is 3.80. The number of ether oxygens (including phenoxy) is 2. The average Bonchev–Trinajstić information content (AvgIpc) is 3.65. The van der Waals surface area contributed by atoms with Crippen molar-refractivity contribution in [1.82, 2.24) is 10.2 Å². The minimum Gasteiger partial charge on any atom is -0.460 e. The highest BCUT2D eigenvalue weighted by Gasteiger charge is 2.75. The quantitative estimate of drug-likeness (QED) is 0.153. The molecule has 3 amide bonds. The van der Waals surface area contributed by atoms with Crippen LogP contribution in [0.1, 0.15) is 58.3 Å². The van der Waals surface area contributed by atoms with E-state index in [9.17, 15) is 24.3 Å². The van der Waals surface area contributed by atoms with Crippen LogP contribution in [0.25, 0.3) is 0 Å². The van der Waals surface area contributed by atoms with Gasteiger partial charge in [-0.3, -0.25) is 19.2 Å². The summed E-state index contributed by atoms with van der Waals surface area (Å²) in [5.74, 6) is -3.09. The van der Waals surface area contributed by atoms with E-state index in [4.69, 9.17) is 21.1 Å². The van der Waals surface area contributed by atoms with Crippen molar-refractivity contribution in [2.45, 2.75) is 82.1 Å². The molecule has 0 unspecified atom stereocenters. The first-order valence-electron chi connectivity index (χ1n) is 15.5.